The number of carbonyl (C=O) groups excluding carboxylic acids is 1. The number of carbonyl (C=O) groups is 1. The van der Waals surface area contributed by atoms with E-state index in [2.05, 4.69) is 10.6 Å². The minimum Gasteiger partial charge on any atom is -0.458 e. The minimum atomic E-state index is -0.385. The molecule has 5 nitrogen and oxygen atoms in total. The first-order valence-electron chi connectivity index (χ1n) is 7.93. The summed E-state index contributed by atoms with van der Waals surface area (Å²) in [6, 6.07) is 15.2. The van der Waals surface area contributed by atoms with Gasteiger partial charge in [0.1, 0.15) is 23.3 Å². The third-order valence-electron chi connectivity index (χ3n) is 3.86. The molecule has 3 rings (SSSR count). The zero-order valence-corrected chi connectivity index (χ0v) is 13.8. The number of hydrogen-bond acceptors (Lipinski definition) is 3. The Bertz CT molecular complexity index is 812. The highest BCUT2D eigenvalue weighted by Gasteiger charge is 2.16. The maximum absolute atomic E-state index is 12.8. The van der Waals surface area contributed by atoms with Crippen LogP contribution in [0.5, 0.6) is 0 Å². The van der Waals surface area contributed by atoms with Crippen LogP contribution in [0, 0.1) is 5.82 Å². The molecule has 0 aliphatic rings. The maximum atomic E-state index is 12.8. The Morgan fingerprint density at radius 1 is 1.16 bits per heavy atom. The van der Waals surface area contributed by atoms with Gasteiger partial charge in [-0.05, 0) is 29.8 Å². The zero-order chi connectivity index (χ0) is 17.6. The number of rotatable bonds is 6. The normalized spacial score (nSPS) is 12.1. The number of halogens is 1. The summed E-state index contributed by atoms with van der Waals surface area (Å²) in [5, 5.41) is 6.45. The second-order valence-electron chi connectivity index (χ2n) is 5.60. The van der Waals surface area contributed by atoms with Gasteiger partial charge in [-0.1, -0.05) is 30.3 Å². The van der Waals surface area contributed by atoms with Crippen molar-refractivity contribution in [2.24, 2.45) is 0 Å². The zero-order valence-electron chi connectivity index (χ0n) is 13.8. The quantitative estimate of drug-likeness (QED) is 0.717. The van der Waals surface area contributed by atoms with Crippen molar-refractivity contribution < 1.29 is 18.3 Å². The van der Waals surface area contributed by atoms with Gasteiger partial charge in [-0.3, -0.25) is 0 Å². The molecule has 1 aromatic heterocycles. The lowest BCUT2D eigenvalue weighted by molar-refractivity contribution is 0.0865. The molecule has 2 amide bonds. The summed E-state index contributed by atoms with van der Waals surface area (Å²) in [5.41, 5.74) is 1.59. The van der Waals surface area contributed by atoms with Crippen LogP contribution >= 0.6 is 0 Å². The van der Waals surface area contributed by atoms with Crippen molar-refractivity contribution in [1.29, 1.82) is 0 Å². The van der Waals surface area contributed by atoms with Gasteiger partial charge in [-0.25, -0.2) is 9.18 Å². The van der Waals surface area contributed by atoms with E-state index in [1.807, 2.05) is 30.3 Å². The van der Waals surface area contributed by atoms with E-state index in [1.165, 1.54) is 12.1 Å². The minimum absolute atomic E-state index is 0.269. The molecule has 25 heavy (non-hydrogen) atoms. The lowest BCUT2D eigenvalue weighted by Gasteiger charge is -2.14. The van der Waals surface area contributed by atoms with Gasteiger partial charge in [-0.15, -0.1) is 0 Å². The van der Waals surface area contributed by atoms with Crippen LogP contribution in [0.25, 0.3) is 11.0 Å². The van der Waals surface area contributed by atoms with E-state index in [0.717, 1.165) is 16.5 Å². The first-order valence-corrected chi connectivity index (χ1v) is 7.93. The number of urea groups is 1. The molecule has 1 heterocycles. The summed E-state index contributed by atoms with van der Waals surface area (Å²) < 4.78 is 24.0. The van der Waals surface area contributed by atoms with Crippen LogP contribution < -0.4 is 10.6 Å². The summed E-state index contributed by atoms with van der Waals surface area (Å²) in [5.74, 6) is 0.351. The Labute approximate surface area is 144 Å². The Hall–Kier alpha value is -2.86. The first-order chi connectivity index (χ1) is 12.2. The van der Waals surface area contributed by atoms with Gasteiger partial charge in [0, 0.05) is 19.0 Å². The lowest BCUT2D eigenvalue weighted by Crippen LogP contribution is -2.37. The van der Waals surface area contributed by atoms with Gasteiger partial charge in [0.2, 0.25) is 0 Å². The van der Waals surface area contributed by atoms with Crippen LogP contribution in [-0.4, -0.2) is 19.7 Å². The average molecular weight is 342 g/mol. The molecule has 0 saturated carbocycles. The fourth-order valence-corrected chi connectivity index (χ4v) is 2.49. The number of ether oxygens (including phenoxy) is 1. The van der Waals surface area contributed by atoms with Crippen LogP contribution in [-0.2, 0) is 11.3 Å². The van der Waals surface area contributed by atoms with Gasteiger partial charge >= 0.3 is 6.03 Å². The second-order valence-corrected chi connectivity index (χ2v) is 5.60. The highest BCUT2D eigenvalue weighted by molar-refractivity contribution is 5.78. The van der Waals surface area contributed by atoms with Crippen molar-refractivity contribution in [3.05, 3.63) is 71.7 Å². The van der Waals surface area contributed by atoms with Crippen LogP contribution in [0.3, 0.4) is 0 Å². The van der Waals surface area contributed by atoms with Crippen molar-refractivity contribution in [3.8, 4) is 0 Å². The molecule has 2 aromatic carbocycles. The number of para-hydroxylation sites is 1. The van der Waals surface area contributed by atoms with Crippen molar-refractivity contribution >= 4 is 17.0 Å². The molecule has 0 spiro atoms. The van der Waals surface area contributed by atoms with Crippen molar-refractivity contribution in [2.45, 2.75) is 12.6 Å². The summed E-state index contributed by atoms with van der Waals surface area (Å²) in [7, 11) is 1.57. The van der Waals surface area contributed by atoms with Gasteiger partial charge in [0.25, 0.3) is 0 Å². The van der Waals surface area contributed by atoms with Gasteiger partial charge in [0.05, 0.1) is 6.54 Å². The molecule has 130 valence electrons. The van der Waals surface area contributed by atoms with E-state index < -0.39 is 0 Å². The van der Waals surface area contributed by atoms with Crippen molar-refractivity contribution in [1.82, 2.24) is 10.6 Å². The molecule has 1 atom stereocenters. The fraction of sp³-hybridized carbons (Fsp3) is 0.211. The number of benzene rings is 2. The molecule has 2 N–H and O–H groups in total. The summed E-state index contributed by atoms with van der Waals surface area (Å²) in [6.07, 6.45) is -0.385. The predicted molar refractivity (Wildman–Crippen MR) is 92.6 cm³/mol. The van der Waals surface area contributed by atoms with Gasteiger partial charge < -0.3 is 19.8 Å². The predicted octanol–water partition coefficient (Wildman–Crippen LogP) is 3.76. The third kappa shape index (κ3) is 4.36. The van der Waals surface area contributed by atoms with E-state index in [0.29, 0.717) is 12.3 Å². The number of fused-ring (bicyclic) bond motifs is 1. The smallest absolute Gasteiger partial charge is 0.315 e. The van der Waals surface area contributed by atoms with Crippen LogP contribution in [0.4, 0.5) is 9.18 Å². The monoisotopic (exact) mass is 342 g/mol. The number of amides is 2. The van der Waals surface area contributed by atoms with E-state index in [-0.39, 0.29) is 24.5 Å². The highest BCUT2D eigenvalue weighted by Crippen LogP contribution is 2.25. The Kier molecular flexibility index (Phi) is 5.30. The molecule has 6 heteroatoms. The number of methoxy groups -OCH3 is 1. The van der Waals surface area contributed by atoms with Crippen LogP contribution in [0.15, 0.2) is 59.0 Å². The standard InChI is InChI=1S/C19H19FN2O3/c1-24-18(17-10-14-4-2-3-5-16(14)25-17)12-22-19(23)21-11-13-6-8-15(20)9-7-13/h2-10,18H,11-12H2,1H3,(H2,21,22,23)/t18-/m0/s1. The van der Waals surface area contributed by atoms with Crippen molar-refractivity contribution in [3.63, 3.8) is 0 Å². The third-order valence-corrected chi connectivity index (χ3v) is 3.86. The molecule has 0 aliphatic carbocycles. The van der Waals surface area contributed by atoms with E-state index in [4.69, 9.17) is 9.15 Å². The van der Waals surface area contributed by atoms with E-state index in [1.54, 1.807) is 19.2 Å². The van der Waals surface area contributed by atoms with Gasteiger partial charge in [-0.2, -0.15) is 0 Å². The molecule has 0 saturated heterocycles. The Morgan fingerprint density at radius 2 is 1.92 bits per heavy atom. The second kappa shape index (κ2) is 7.81. The Balaban J connectivity index is 1.53. The lowest BCUT2D eigenvalue weighted by atomic mass is 10.2. The highest BCUT2D eigenvalue weighted by atomic mass is 19.1. The molecule has 0 fully saturated rings. The Morgan fingerprint density at radius 3 is 2.64 bits per heavy atom. The molecule has 0 aliphatic heterocycles. The number of nitrogens with one attached hydrogen (secondary N) is 2. The largest absolute Gasteiger partial charge is 0.458 e. The maximum Gasteiger partial charge on any atom is 0.315 e. The molecular formula is C19H19FN2O3. The van der Waals surface area contributed by atoms with Crippen LogP contribution in [0.2, 0.25) is 0 Å². The average Bonchev–Trinajstić information content (AvgIpc) is 3.05. The molecular weight excluding hydrogens is 323 g/mol. The first kappa shape index (κ1) is 17.0. The van der Waals surface area contributed by atoms with E-state index in [9.17, 15) is 9.18 Å². The summed E-state index contributed by atoms with van der Waals surface area (Å²) in [4.78, 5) is 11.9. The number of hydrogen-bond donors (Lipinski definition) is 2. The topological polar surface area (TPSA) is 63.5 Å². The van der Waals surface area contributed by atoms with Crippen molar-refractivity contribution in [2.75, 3.05) is 13.7 Å². The summed E-state index contributed by atoms with van der Waals surface area (Å²) in [6.45, 7) is 0.583. The van der Waals surface area contributed by atoms with E-state index >= 15 is 0 Å². The SMILES string of the molecule is CO[C@@H](CNC(=O)NCc1ccc(F)cc1)c1cc2ccccc2o1. The number of furan rings is 1. The van der Waals surface area contributed by atoms with Crippen LogP contribution in [0.1, 0.15) is 17.4 Å². The molecule has 0 bridgehead atoms. The molecule has 3 aromatic rings. The molecule has 0 radical (unpaired) electrons. The fourth-order valence-electron chi connectivity index (χ4n) is 2.49. The van der Waals surface area contributed by atoms with Gasteiger partial charge in [0.15, 0.2) is 0 Å². The summed E-state index contributed by atoms with van der Waals surface area (Å²) >= 11 is 0. The molecule has 0 unspecified atom stereocenters.